The van der Waals surface area contributed by atoms with Gasteiger partial charge >= 0.3 is 5.97 Å². The van der Waals surface area contributed by atoms with Gasteiger partial charge in [0.25, 0.3) is 0 Å². The first kappa shape index (κ1) is 15.9. The second kappa shape index (κ2) is 6.96. The standard InChI is InChI=1S/C16H20ClNO3/c1-11-7-8-18(10-15(11)21-2)13-5-3-12(14(17)9-13)4-6-16(19)20/h3-6,9,11,15H,7-8,10H2,1-2H3,(H,19,20)/b6-4+. The maximum atomic E-state index is 10.5. The van der Waals surface area contributed by atoms with Crippen LogP contribution in [0.4, 0.5) is 5.69 Å². The highest BCUT2D eigenvalue weighted by Crippen LogP contribution is 2.29. The summed E-state index contributed by atoms with van der Waals surface area (Å²) < 4.78 is 5.52. The molecule has 1 N–H and O–H groups in total. The first-order valence-corrected chi connectivity index (χ1v) is 7.37. The van der Waals surface area contributed by atoms with Gasteiger partial charge in [-0.05, 0) is 36.1 Å². The van der Waals surface area contributed by atoms with E-state index in [1.165, 1.54) is 6.08 Å². The van der Waals surface area contributed by atoms with E-state index in [0.717, 1.165) is 31.3 Å². The lowest BCUT2D eigenvalue weighted by Crippen LogP contribution is -2.43. The molecule has 1 fully saturated rings. The van der Waals surface area contributed by atoms with Gasteiger partial charge in [-0.15, -0.1) is 0 Å². The summed E-state index contributed by atoms with van der Waals surface area (Å²) >= 11 is 6.23. The average Bonchev–Trinajstić information content (AvgIpc) is 2.46. The number of halogens is 1. The van der Waals surface area contributed by atoms with Crippen molar-refractivity contribution in [2.24, 2.45) is 5.92 Å². The lowest BCUT2D eigenvalue weighted by Gasteiger charge is -2.37. The summed E-state index contributed by atoms with van der Waals surface area (Å²) in [4.78, 5) is 12.8. The number of carbonyl (C=O) groups is 1. The minimum Gasteiger partial charge on any atom is -0.478 e. The topological polar surface area (TPSA) is 49.8 Å². The van der Waals surface area contributed by atoms with Crippen molar-refractivity contribution >= 4 is 29.3 Å². The van der Waals surface area contributed by atoms with Crippen LogP contribution < -0.4 is 4.90 Å². The van der Waals surface area contributed by atoms with Gasteiger partial charge < -0.3 is 14.7 Å². The molecule has 114 valence electrons. The van der Waals surface area contributed by atoms with Crippen LogP contribution in [0.3, 0.4) is 0 Å². The predicted molar refractivity (Wildman–Crippen MR) is 84.9 cm³/mol. The van der Waals surface area contributed by atoms with Gasteiger partial charge in [-0.2, -0.15) is 0 Å². The summed E-state index contributed by atoms with van der Waals surface area (Å²) in [6, 6.07) is 5.69. The van der Waals surface area contributed by atoms with Crippen LogP contribution in [-0.4, -0.2) is 37.4 Å². The molecule has 0 saturated carbocycles. The number of nitrogens with zero attached hydrogens (tertiary/aromatic N) is 1. The minimum absolute atomic E-state index is 0.226. The molecule has 1 aliphatic heterocycles. The number of hydrogen-bond donors (Lipinski definition) is 1. The van der Waals surface area contributed by atoms with Crippen LogP contribution in [0.15, 0.2) is 24.3 Å². The molecule has 2 atom stereocenters. The Morgan fingerprint density at radius 1 is 1.52 bits per heavy atom. The van der Waals surface area contributed by atoms with E-state index in [2.05, 4.69) is 11.8 Å². The number of carboxylic acid groups (broad SMARTS) is 1. The number of methoxy groups -OCH3 is 1. The molecule has 1 saturated heterocycles. The van der Waals surface area contributed by atoms with E-state index in [1.54, 1.807) is 7.11 Å². The van der Waals surface area contributed by atoms with E-state index < -0.39 is 5.97 Å². The van der Waals surface area contributed by atoms with Gasteiger partial charge in [-0.25, -0.2) is 4.79 Å². The first-order chi connectivity index (χ1) is 10.0. The molecule has 0 aliphatic carbocycles. The predicted octanol–water partition coefficient (Wildman–Crippen LogP) is 3.30. The zero-order valence-corrected chi connectivity index (χ0v) is 13.0. The van der Waals surface area contributed by atoms with Crippen LogP contribution in [-0.2, 0) is 9.53 Å². The highest BCUT2D eigenvalue weighted by Gasteiger charge is 2.26. The molecule has 5 heteroatoms. The highest BCUT2D eigenvalue weighted by molar-refractivity contribution is 6.32. The number of piperidine rings is 1. The lowest BCUT2D eigenvalue weighted by atomic mass is 9.95. The number of aliphatic carboxylic acids is 1. The Bertz CT molecular complexity index is 544. The Labute approximate surface area is 130 Å². The third kappa shape index (κ3) is 3.99. The largest absolute Gasteiger partial charge is 0.478 e. The van der Waals surface area contributed by atoms with Crippen LogP contribution in [0.2, 0.25) is 5.02 Å². The zero-order chi connectivity index (χ0) is 15.4. The van der Waals surface area contributed by atoms with Crippen molar-refractivity contribution in [2.45, 2.75) is 19.4 Å². The van der Waals surface area contributed by atoms with Crippen molar-refractivity contribution in [3.05, 3.63) is 34.9 Å². The molecule has 1 aliphatic rings. The number of rotatable bonds is 4. The Morgan fingerprint density at radius 2 is 2.29 bits per heavy atom. The smallest absolute Gasteiger partial charge is 0.328 e. The summed E-state index contributed by atoms with van der Waals surface area (Å²) in [5, 5.41) is 9.21. The van der Waals surface area contributed by atoms with Gasteiger partial charge in [-0.1, -0.05) is 24.6 Å². The number of ether oxygens (including phenoxy) is 1. The SMILES string of the molecule is COC1CN(c2ccc(/C=C/C(=O)O)c(Cl)c2)CCC1C. The van der Waals surface area contributed by atoms with Crippen LogP contribution >= 0.6 is 11.6 Å². The van der Waals surface area contributed by atoms with Gasteiger partial charge in [0.05, 0.1) is 6.10 Å². The molecule has 1 aromatic carbocycles. The third-order valence-corrected chi connectivity index (χ3v) is 4.27. The summed E-state index contributed by atoms with van der Waals surface area (Å²) in [6.07, 6.45) is 3.90. The molecular formula is C16H20ClNO3. The van der Waals surface area contributed by atoms with Gasteiger partial charge in [0, 0.05) is 37.0 Å². The van der Waals surface area contributed by atoms with Crippen molar-refractivity contribution in [1.82, 2.24) is 0 Å². The van der Waals surface area contributed by atoms with Gasteiger partial charge in [-0.3, -0.25) is 0 Å². The zero-order valence-electron chi connectivity index (χ0n) is 12.3. The van der Waals surface area contributed by atoms with Gasteiger partial charge in [0.1, 0.15) is 0 Å². The quantitative estimate of drug-likeness (QED) is 0.867. The number of anilines is 1. The monoisotopic (exact) mass is 309 g/mol. The van der Waals surface area contributed by atoms with E-state index in [0.29, 0.717) is 16.5 Å². The van der Waals surface area contributed by atoms with Crippen LogP contribution in [0.1, 0.15) is 18.9 Å². The number of carboxylic acids is 1. The Morgan fingerprint density at radius 3 is 2.90 bits per heavy atom. The third-order valence-electron chi connectivity index (χ3n) is 3.95. The average molecular weight is 310 g/mol. The molecule has 1 heterocycles. The molecular weight excluding hydrogens is 290 g/mol. The first-order valence-electron chi connectivity index (χ1n) is 6.99. The second-order valence-electron chi connectivity index (χ2n) is 5.36. The molecule has 21 heavy (non-hydrogen) atoms. The van der Waals surface area contributed by atoms with E-state index >= 15 is 0 Å². The fourth-order valence-corrected chi connectivity index (χ4v) is 2.82. The molecule has 4 nitrogen and oxygen atoms in total. The molecule has 0 bridgehead atoms. The number of benzene rings is 1. The van der Waals surface area contributed by atoms with E-state index in [9.17, 15) is 4.79 Å². The van der Waals surface area contributed by atoms with Crippen molar-refractivity contribution in [2.75, 3.05) is 25.1 Å². The molecule has 2 unspecified atom stereocenters. The van der Waals surface area contributed by atoms with Crippen molar-refractivity contribution < 1.29 is 14.6 Å². The van der Waals surface area contributed by atoms with Crippen molar-refractivity contribution in [3.8, 4) is 0 Å². The second-order valence-corrected chi connectivity index (χ2v) is 5.77. The lowest BCUT2D eigenvalue weighted by molar-refractivity contribution is -0.131. The van der Waals surface area contributed by atoms with Gasteiger partial charge in [0.2, 0.25) is 0 Å². The highest BCUT2D eigenvalue weighted by atomic mass is 35.5. The molecule has 1 aromatic rings. The van der Waals surface area contributed by atoms with Crippen LogP contribution in [0, 0.1) is 5.92 Å². The summed E-state index contributed by atoms with van der Waals surface area (Å²) in [7, 11) is 1.75. The molecule has 2 rings (SSSR count). The number of hydrogen-bond acceptors (Lipinski definition) is 3. The summed E-state index contributed by atoms with van der Waals surface area (Å²) in [5.41, 5.74) is 1.75. The van der Waals surface area contributed by atoms with E-state index in [-0.39, 0.29) is 6.10 Å². The normalized spacial score (nSPS) is 22.7. The van der Waals surface area contributed by atoms with Crippen LogP contribution in [0.5, 0.6) is 0 Å². The van der Waals surface area contributed by atoms with Crippen molar-refractivity contribution in [1.29, 1.82) is 0 Å². The van der Waals surface area contributed by atoms with E-state index in [4.69, 9.17) is 21.4 Å². The summed E-state index contributed by atoms with van der Waals surface area (Å²) in [6.45, 7) is 4.03. The van der Waals surface area contributed by atoms with Crippen molar-refractivity contribution in [3.63, 3.8) is 0 Å². The molecule has 0 amide bonds. The molecule has 0 aromatic heterocycles. The summed E-state index contributed by atoms with van der Waals surface area (Å²) in [5.74, 6) is -0.428. The van der Waals surface area contributed by atoms with E-state index in [1.807, 2.05) is 18.2 Å². The fourth-order valence-electron chi connectivity index (χ4n) is 2.58. The molecule has 0 spiro atoms. The maximum Gasteiger partial charge on any atom is 0.328 e. The Balaban J connectivity index is 2.14. The fraction of sp³-hybridized carbons (Fsp3) is 0.438. The van der Waals surface area contributed by atoms with Gasteiger partial charge in [0.15, 0.2) is 0 Å². The maximum absolute atomic E-state index is 10.5. The Kier molecular flexibility index (Phi) is 5.26. The van der Waals surface area contributed by atoms with Crippen LogP contribution in [0.25, 0.3) is 6.08 Å². The Hall–Kier alpha value is -1.52. The minimum atomic E-state index is -0.983. The molecule has 0 radical (unpaired) electrons.